The van der Waals surface area contributed by atoms with E-state index in [0.717, 1.165) is 6.07 Å². The summed E-state index contributed by atoms with van der Waals surface area (Å²) in [5.74, 6) is -1.55. The Morgan fingerprint density at radius 1 is 1.25 bits per heavy atom. The van der Waals surface area contributed by atoms with Crippen molar-refractivity contribution in [2.24, 2.45) is 0 Å². The van der Waals surface area contributed by atoms with Crippen LogP contribution in [0.2, 0.25) is 0 Å². The molecule has 0 aromatic heterocycles. The van der Waals surface area contributed by atoms with E-state index in [9.17, 15) is 8.78 Å². The molecule has 0 aliphatic carbocycles. The SMILES string of the molecule is CC.Nc1cc(Br)c2c(OC(O)(O)F)c(F)ccc2c1. The number of ether oxygens (including phenoxy) is 1. The van der Waals surface area contributed by atoms with Crippen LogP contribution < -0.4 is 10.5 Å². The molecule has 4 nitrogen and oxygen atoms in total. The number of benzene rings is 2. The monoisotopic (exact) mass is 349 g/mol. The first-order valence-electron chi connectivity index (χ1n) is 5.78. The van der Waals surface area contributed by atoms with E-state index in [-0.39, 0.29) is 5.39 Å². The Labute approximate surface area is 122 Å². The van der Waals surface area contributed by atoms with Crippen molar-refractivity contribution < 1.29 is 23.7 Å². The molecule has 2 aromatic rings. The van der Waals surface area contributed by atoms with Gasteiger partial charge in [-0.1, -0.05) is 19.9 Å². The molecule has 0 heterocycles. The minimum absolute atomic E-state index is 0.148. The van der Waals surface area contributed by atoms with Gasteiger partial charge in [0.25, 0.3) is 0 Å². The number of halogens is 3. The van der Waals surface area contributed by atoms with E-state index >= 15 is 0 Å². The van der Waals surface area contributed by atoms with Gasteiger partial charge in [-0.25, -0.2) is 4.39 Å². The molecule has 0 fully saturated rings. The van der Waals surface area contributed by atoms with E-state index in [4.69, 9.17) is 15.9 Å². The van der Waals surface area contributed by atoms with E-state index < -0.39 is 17.8 Å². The summed E-state index contributed by atoms with van der Waals surface area (Å²) in [6.07, 6.45) is -3.96. The van der Waals surface area contributed by atoms with Crippen LogP contribution in [0.25, 0.3) is 10.8 Å². The molecule has 2 aromatic carbocycles. The molecule has 0 aliphatic rings. The minimum Gasteiger partial charge on any atom is -0.409 e. The van der Waals surface area contributed by atoms with Crippen LogP contribution in [0.15, 0.2) is 28.7 Å². The van der Waals surface area contributed by atoms with Crippen molar-refractivity contribution in [2.45, 2.75) is 20.1 Å². The highest BCUT2D eigenvalue weighted by atomic mass is 79.9. The number of hydrogen-bond acceptors (Lipinski definition) is 4. The molecule has 0 saturated heterocycles. The second kappa shape index (κ2) is 6.34. The molecule has 0 unspecified atom stereocenters. The molecule has 0 bridgehead atoms. The summed E-state index contributed by atoms with van der Waals surface area (Å²) in [5, 5.41) is 17.7. The summed E-state index contributed by atoms with van der Waals surface area (Å²) in [4.78, 5) is 0. The number of fused-ring (bicyclic) bond motifs is 1. The summed E-state index contributed by atoms with van der Waals surface area (Å²) >= 11 is 3.13. The predicted molar refractivity (Wildman–Crippen MR) is 76.3 cm³/mol. The topological polar surface area (TPSA) is 75.7 Å². The Kier molecular flexibility index (Phi) is 5.27. The lowest BCUT2D eigenvalue weighted by atomic mass is 10.1. The molecule has 0 saturated carbocycles. The van der Waals surface area contributed by atoms with E-state index in [1.807, 2.05) is 13.8 Å². The zero-order chi connectivity index (χ0) is 15.5. The fourth-order valence-corrected chi connectivity index (χ4v) is 2.28. The molecule has 20 heavy (non-hydrogen) atoms. The van der Waals surface area contributed by atoms with Gasteiger partial charge < -0.3 is 20.7 Å². The highest BCUT2D eigenvalue weighted by Gasteiger charge is 2.28. The maximum Gasteiger partial charge on any atom is 0.492 e. The number of alkyl halides is 1. The number of nitrogen functional groups attached to an aromatic ring is 1. The molecular weight excluding hydrogens is 336 g/mol. The third-order valence-electron chi connectivity index (χ3n) is 2.23. The van der Waals surface area contributed by atoms with E-state index in [1.165, 1.54) is 18.2 Å². The van der Waals surface area contributed by atoms with Crippen LogP contribution in [0.5, 0.6) is 5.75 Å². The maximum atomic E-state index is 13.6. The Bertz CT molecular complexity index is 615. The first kappa shape index (κ1) is 16.6. The highest BCUT2D eigenvalue weighted by molar-refractivity contribution is 9.10. The third-order valence-corrected chi connectivity index (χ3v) is 2.85. The van der Waals surface area contributed by atoms with Crippen molar-refractivity contribution in [1.29, 1.82) is 0 Å². The van der Waals surface area contributed by atoms with Gasteiger partial charge in [0.15, 0.2) is 11.6 Å². The van der Waals surface area contributed by atoms with Gasteiger partial charge in [0.2, 0.25) is 0 Å². The van der Waals surface area contributed by atoms with Crippen LogP contribution >= 0.6 is 15.9 Å². The zero-order valence-corrected chi connectivity index (χ0v) is 12.4. The normalized spacial score (nSPS) is 10.9. The molecule has 110 valence electrons. The number of anilines is 1. The van der Waals surface area contributed by atoms with Gasteiger partial charge in [-0.2, -0.15) is 0 Å². The van der Waals surface area contributed by atoms with Gasteiger partial charge >= 0.3 is 6.23 Å². The van der Waals surface area contributed by atoms with Crippen LogP contribution in [-0.4, -0.2) is 16.4 Å². The molecule has 0 amide bonds. The molecule has 0 aliphatic heterocycles. The van der Waals surface area contributed by atoms with Crippen LogP contribution in [0.1, 0.15) is 13.8 Å². The zero-order valence-electron chi connectivity index (χ0n) is 10.8. The molecular formula is C13H14BrF2NO3. The summed E-state index contributed by atoms with van der Waals surface area (Å²) in [7, 11) is 0. The maximum absolute atomic E-state index is 13.6. The molecule has 0 atom stereocenters. The van der Waals surface area contributed by atoms with Gasteiger partial charge in [0.1, 0.15) is 0 Å². The fourth-order valence-electron chi connectivity index (χ4n) is 1.61. The highest BCUT2D eigenvalue weighted by Crippen LogP contribution is 2.37. The Hall–Kier alpha value is -1.44. The Morgan fingerprint density at radius 2 is 1.85 bits per heavy atom. The molecule has 2 rings (SSSR count). The van der Waals surface area contributed by atoms with Crippen molar-refractivity contribution in [3.63, 3.8) is 0 Å². The smallest absolute Gasteiger partial charge is 0.409 e. The molecule has 0 radical (unpaired) electrons. The van der Waals surface area contributed by atoms with E-state index in [0.29, 0.717) is 15.5 Å². The summed E-state index contributed by atoms with van der Waals surface area (Å²) in [6.45, 7) is 4.00. The second-order valence-corrected chi connectivity index (χ2v) is 4.46. The second-order valence-electron chi connectivity index (χ2n) is 3.61. The summed E-state index contributed by atoms with van der Waals surface area (Å²) < 4.78 is 30.7. The van der Waals surface area contributed by atoms with Gasteiger partial charge in [0.05, 0.1) is 0 Å². The first-order valence-corrected chi connectivity index (χ1v) is 6.57. The van der Waals surface area contributed by atoms with Crippen molar-refractivity contribution in [1.82, 2.24) is 0 Å². The van der Waals surface area contributed by atoms with Gasteiger partial charge in [-0.15, -0.1) is 4.39 Å². The number of rotatable bonds is 2. The quantitative estimate of drug-likeness (QED) is 0.574. The average Bonchev–Trinajstić information content (AvgIpc) is 2.33. The first-order chi connectivity index (χ1) is 9.28. The largest absolute Gasteiger partial charge is 0.492 e. The van der Waals surface area contributed by atoms with Gasteiger partial charge in [0, 0.05) is 15.5 Å². The summed E-state index contributed by atoms with van der Waals surface area (Å²) in [5.41, 5.74) is 6.01. The minimum atomic E-state index is -3.96. The molecule has 0 spiro atoms. The number of aliphatic hydroxyl groups is 2. The summed E-state index contributed by atoms with van der Waals surface area (Å²) in [6, 6.07) is 5.40. The van der Waals surface area contributed by atoms with Crippen molar-refractivity contribution in [3.8, 4) is 5.75 Å². The van der Waals surface area contributed by atoms with Gasteiger partial charge in [-0.3, -0.25) is 0 Å². The average molecular weight is 350 g/mol. The molecule has 4 N–H and O–H groups in total. The third kappa shape index (κ3) is 3.78. The van der Waals surface area contributed by atoms with Crippen molar-refractivity contribution in [3.05, 3.63) is 34.6 Å². The Balaban J connectivity index is 0.000000956. The number of nitrogens with two attached hydrogens (primary N) is 1. The lowest BCUT2D eigenvalue weighted by Crippen LogP contribution is -2.29. The standard InChI is InChI=1S/C11H8BrF2NO3.C2H6/c12-7-4-6(15)3-5-1-2-8(13)10(9(5)7)18-11(14,16)17;1-2/h1-4,16-17H,15H2;1-2H3. The van der Waals surface area contributed by atoms with Crippen LogP contribution in [0.3, 0.4) is 0 Å². The number of hydrogen-bond donors (Lipinski definition) is 3. The van der Waals surface area contributed by atoms with E-state index in [1.54, 1.807) is 0 Å². The van der Waals surface area contributed by atoms with Gasteiger partial charge in [-0.05, 0) is 39.5 Å². The van der Waals surface area contributed by atoms with Crippen molar-refractivity contribution in [2.75, 3.05) is 5.73 Å². The Morgan fingerprint density at radius 3 is 2.40 bits per heavy atom. The van der Waals surface area contributed by atoms with Crippen LogP contribution in [0.4, 0.5) is 14.5 Å². The lowest BCUT2D eigenvalue weighted by molar-refractivity contribution is -0.375. The fraction of sp³-hybridized carbons (Fsp3) is 0.231. The molecule has 7 heteroatoms. The predicted octanol–water partition coefficient (Wildman–Crippen LogP) is 3.29. The van der Waals surface area contributed by atoms with Crippen LogP contribution in [-0.2, 0) is 0 Å². The van der Waals surface area contributed by atoms with E-state index in [2.05, 4.69) is 20.7 Å². The van der Waals surface area contributed by atoms with Crippen molar-refractivity contribution >= 4 is 32.4 Å². The van der Waals surface area contributed by atoms with Crippen LogP contribution in [0, 0.1) is 5.82 Å². The lowest BCUT2D eigenvalue weighted by Gasteiger charge is -2.16.